The molecule has 2 fully saturated rings. The summed E-state index contributed by atoms with van der Waals surface area (Å²) in [7, 11) is 0. The van der Waals surface area contributed by atoms with E-state index in [0.29, 0.717) is 38.4 Å². The Hall–Kier alpha value is -4.46. The number of aliphatic imine (C=N–C) groups is 1. The molecule has 0 spiro atoms. The zero-order valence-electron chi connectivity index (χ0n) is 27.4. The number of anilines is 2. The predicted molar refractivity (Wildman–Crippen MR) is 217 cm³/mol. The highest BCUT2D eigenvalue weighted by molar-refractivity contribution is 9.18. The summed E-state index contributed by atoms with van der Waals surface area (Å²) >= 11 is 6.84. The highest BCUT2D eigenvalue weighted by Crippen LogP contribution is 2.26. The van der Waals surface area contributed by atoms with E-state index in [-0.39, 0.29) is 32.5 Å². The van der Waals surface area contributed by atoms with E-state index in [4.69, 9.17) is 5.73 Å². The highest BCUT2D eigenvalue weighted by Gasteiger charge is 2.31. The molecule has 11 nitrogen and oxygen atoms in total. The van der Waals surface area contributed by atoms with Crippen LogP contribution in [0.15, 0.2) is 88.7 Å². The number of piperazine rings is 1. The number of fused-ring (bicyclic) bond motifs is 2. The van der Waals surface area contributed by atoms with Gasteiger partial charge in [-0.15, -0.1) is 0 Å². The summed E-state index contributed by atoms with van der Waals surface area (Å²) in [5.41, 5.74) is 12.8. The zero-order chi connectivity index (χ0) is 34.6. The number of aromatic nitrogens is 4. The number of nitrogen functional groups attached to an aromatic ring is 1. The van der Waals surface area contributed by atoms with Gasteiger partial charge in [0.25, 0.3) is 0 Å². The van der Waals surface area contributed by atoms with Gasteiger partial charge in [-0.3, -0.25) is 24.6 Å². The average Bonchev–Trinajstić information content (AvgIpc) is 3.88. The van der Waals surface area contributed by atoms with Crippen LogP contribution in [0.4, 0.5) is 11.4 Å². The van der Waals surface area contributed by atoms with E-state index in [1.165, 1.54) is 5.56 Å². The van der Waals surface area contributed by atoms with Gasteiger partial charge in [-0.2, -0.15) is 5.10 Å². The molecule has 0 radical (unpaired) electrons. The van der Waals surface area contributed by atoms with Gasteiger partial charge in [0, 0.05) is 85.3 Å². The van der Waals surface area contributed by atoms with Crippen LogP contribution in [0.25, 0.3) is 22.3 Å². The number of nitrogens with zero attached hydrogens (tertiary/aromatic N) is 7. The molecule has 0 aliphatic carbocycles. The molecule has 0 saturated carbocycles. The number of likely N-dealkylation sites (tertiary alicyclic amines) is 1. The minimum Gasteiger partial charge on any atom is -0.399 e. The Kier molecular flexibility index (Phi) is 12.9. The Morgan fingerprint density at radius 2 is 1.65 bits per heavy atom. The maximum Gasteiger partial charge on any atom is 0.236 e. The van der Waals surface area contributed by atoms with Gasteiger partial charge in [-0.1, -0.05) is 27.0 Å². The quantitative estimate of drug-likeness (QED) is 0.172. The first-order chi connectivity index (χ1) is 24.3. The lowest BCUT2D eigenvalue weighted by molar-refractivity contribution is -0.132. The van der Waals surface area contributed by atoms with Crippen molar-refractivity contribution in [3.05, 3.63) is 100 Å². The van der Waals surface area contributed by atoms with E-state index in [0.717, 1.165) is 80.8 Å². The molecular weight excluding hydrogens is 786 g/mol. The number of halogens is 2. The van der Waals surface area contributed by atoms with Gasteiger partial charge in [0.2, 0.25) is 5.91 Å². The van der Waals surface area contributed by atoms with Crippen LogP contribution in [0.5, 0.6) is 0 Å². The third kappa shape index (κ3) is 8.94. The summed E-state index contributed by atoms with van der Waals surface area (Å²) in [6.45, 7) is 5.58. The van der Waals surface area contributed by atoms with Gasteiger partial charge >= 0.3 is 0 Å². The Labute approximate surface area is 322 Å². The third-order valence-corrected chi connectivity index (χ3v) is 10.8. The van der Waals surface area contributed by atoms with Crippen LogP contribution < -0.4 is 10.6 Å². The number of ketones is 1. The first-order valence-electron chi connectivity index (χ1n) is 16.7. The number of nitrogens with one attached hydrogen (secondary N) is 1. The van der Waals surface area contributed by atoms with Crippen LogP contribution in [-0.4, -0.2) is 92.1 Å². The zero-order valence-corrected chi connectivity index (χ0v) is 30.6. The molecule has 13 heteroatoms. The van der Waals surface area contributed by atoms with E-state index >= 15 is 0 Å². The summed E-state index contributed by atoms with van der Waals surface area (Å²) in [4.78, 5) is 45.3. The summed E-state index contributed by atoms with van der Waals surface area (Å²) in [5.74, 6) is 1.08. The summed E-state index contributed by atoms with van der Waals surface area (Å²) in [5, 5.41) is 8.12. The van der Waals surface area contributed by atoms with Crippen molar-refractivity contribution in [2.45, 2.75) is 34.2 Å². The smallest absolute Gasteiger partial charge is 0.236 e. The molecule has 1 amide bonds. The maximum atomic E-state index is 13.1. The van der Waals surface area contributed by atoms with E-state index in [1.807, 2.05) is 59.5 Å². The number of rotatable bonds is 7. The van der Waals surface area contributed by atoms with Crippen molar-refractivity contribution in [3.63, 3.8) is 0 Å². The van der Waals surface area contributed by atoms with Gasteiger partial charge in [0.1, 0.15) is 15.0 Å². The number of aromatic amines is 1. The first kappa shape index (κ1) is 38.8. The number of H-pyrrole nitrogens is 1. The Morgan fingerprint density at radius 3 is 2.40 bits per heavy atom. The highest BCUT2D eigenvalue weighted by atomic mass is 79.9. The molecule has 0 unspecified atom stereocenters. The number of hydrogen-bond acceptors (Lipinski definition) is 9. The van der Waals surface area contributed by atoms with Gasteiger partial charge in [-0.05, 0) is 111 Å². The minimum absolute atomic E-state index is 0. The number of carbonyl (C=O) groups excluding carboxylic acids is 2. The molecule has 3 aliphatic heterocycles. The topological polar surface area (TPSA) is 137 Å². The SMILES string of the molecule is C.C.Nc1ccc2c(c1)C(Br)=NC2.O=C(Cc1ccc2n[nH]c(Br)c2c1)[C@@H]1CCN(CC(=O)N2CCN(c3ccc(-c4ncccn4)cc3)CC2)C1. The normalized spacial score (nSPS) is 16.7. The van der Waals surface area contributed by atoms with Gasteiger partial charge in [-0.25, -0.2) is 9.97 Å². The molecule has 5 heterocycles. The second-order valence-electron chi connectivity index (χ2n) is 12.8. The summed E-state index contributed by atoms with van der Waals surface area (Å²) in [6.07, 6.45) is 4.70. The van der Waals surface area contributed by atoms with Crippen molar-refractivity contribution < 1.29 is 9.59 Å². The van der Waals surface area contributed by atoms with Crippen LogP contribution in [0.2, 0.25) is 0 Å². The number of amides is 1. The Balaban J connectivity index is 0.000000343. The van der Waals surface area contributed by atoms with Crippen molar-refractivity contribution in [1.29, 1.82) is 0 Å². The van der Waals surface area contributed by atoms with Gasteiger partial charge in [0.15, 0.2) is 5.82 Å². The number of Topliss-reactive ketones (excluding diaryl/α,β-unsaturated/α-hetero) is 1. The standard InChI is InChI=1S/C29H30BrN7O2.C8H7BrN2.2CH4/c30-28-24-16-20(2-7-25(24)33-34-28)17-26(38)22-8-11-35(18-22)19-27(39)37-14-12-36(13-15-37)23-5-3-21(4-6-23)29-31-9-1-10-32-29;9-8-7-3-6(10)2-1-5(7)4-11-8;;/h1-7,9-10,16,22H,8,11-15,17-19H2,(H,33,34);1-3H,4,10H2;2*1H4/t22-;;;/m1.../s1. The summed E-state index contributed by atoms with van der Waals surface area (Å²) in [6, 6.07) is 21.9. The van der Waals surface area contributed by atoms with E-state index in [2.05, 4.69) is 79.0 Å². The molecule has 272 valence electrons. The predicted octanol–water partition coefficient (Wildman–Crippen LogP) is 6.76. The maximum absolute atomic E-state index is 13.1. The Morgan fingerprint density at radius 1 is 0.904 bits per heavy atom. The lowest BCUT2D eigenvalue weighted by Gasteiger charge is -2.36. The van der Waals surface area contributed by atoms with Crippen molar-refractivity contribution in [3.8, 4) is 11.4 Å². The fourth-order valence-electron chi connectivity index (χ4n) is 6.66. The van der Waals surface area contributed by atoms with E-state index in [1.54, 1.807) is 12.4 Å². The molecule has 2 saturated heterocycles. The number of carbonyl (C=O) groups is 2. The fourth-order valence-corrected chi connectivity index (χ4v) is 7.56. The number of benzene rings is 3. The second kappa shape index (κ2) is 17.4. The van der Waals surface area contributed by atoms with E-state index < -0.39 is 0 Å². The van der Waals surface area contributed by atoms with Crippen molar-refractivity contribution in [1.82, 2.24) is 30.0 Å². The number of nitrogens with two attached hydrogens (primary N) is 1. The molecule has 8 rings (SSSR count). The fraction of sp³-hybridized carbons (Fsp3) is 0.333. The molecule has 5 aromatic rings. The van der Waals surface area contributed by atoms with Crippen LogP contribution in [0.3, 0.4) is 0 Å². The molecule has 52 heavy (non-hydrogen) atoms. The molecule has 0 bridgehead atoms. The molecule has 1 atom stereocenters. The van der Waals surface area contributed by atoms with E-state index in [9.17, 15) is 9.59 Å². The lowest BCUT2D eigenvalue weighted by Crippen LogP contribution is -2.51. The van der Waals surface area contributed by atoms with Gasteiger partial charge in [0.05, 0.1) is 18.6 Å². The van der Waals surface area contributed by atoms with Crippen molar-refractivity contribution >= 4 is 70.4 Å². The molecule has 2 aromatic heterocycles. The molecule has 3 aliphatic rings. The van der Waals surface area contributed by atoms with Crippen LogP contribution in [0, 0.1) is 5.92 Å². The molecular formula is C39H45Br2N9O2. The molecule has 3 N–H and O–H groups in total. The van der Waals surface area contributed by atoms with Crippen LogP contribution >= 0.6 is 31.9 Å². The minimum atomic E-state index is -0.0256. The molecule has 3 aromatic carbocycles. The monoisotopic (exact) mass is 829 g/mol. The largest absolute Gasteiger partial charge is 0.399 e. The van der Waals surface area contributed by atoms with Gasteiger partial charge < -0.3 is 15.5 Å². The second-order valence-corrected chi connectivity index (χ2v) is 14.3. The average molecular weight is 832 g/mol. The van der Waals surface area contributed by atoms with Crippen molar-refractivity contribution in [2.75, 3.05) is 56.4 Å². The number of hydrogen-bond donors (Lipinski definition) is 2. The first-order valence-corrected chi connectivity index (χ1v) is 18.3. The van der Waals surface area contributed by atoms with Crippen molar-refractivity contribution in [2.24, 2.45) is 10.9 Å². The summed E-state index contributed by atoms with van der Waals surface area (Å²) < 4.78 is 1.74. The third-order valence-electron chi connectivity index (χ3n) is 9.47. The Bertz CT molecular complexity index is 2030. The lowest BCUT2D eigenvalue weighted by atomic mass is 9.97. The van der Waals surface area contributed by atoms with Crippen LogP contribution in [-0.2, 0) is 22.6 Å². The van der Waals surface area contributed by atoms with Crippen LogP contribution in [0.1, 0.15) is 38.0 Å².